The maximum Gasteiger partial charge on any atom is 0.287 e. The molecule has 1 aliphatic carbocycles. The molecule has 0 amide bonds. The minimum Gasteiger partial charge on any atom is -0.342 e. The first-order chi connectivity index (χ1) is 11.6. The molecule has 4 atom stereocenters. The van der Waals surface area contributed by atoms with Crippen LogP contribution in [0.2, 0.25) is 0 Å². The van der Waals surface area contributed by atoms with E-state index in [1.165, 1.54) is 23.4 Å². The minimum atomic E-state index is -0.452. The predicted octanol–water partition coefficient (Wildman–Crippen LogP) is 2.79. The fourth-order valence-corrected chi connectivity index (χ4v) is 4.87. The van der Waals surface area contributed by atoms with E-state index in [1.807, 2.05) is 6.07 Å². The molecule has 1 aromatic carbocycles. The van der Waals surface area contributed by atoms with Crippen LogP contribution in [-0.4, -0.2) is 27.8 Å². The standard InChI is InChI=1S/C18H15N3O3/c22-16-8-14-12-4-2-1-3-11(12)13-7-15(16)20(18(13)14)17-6-5-10(9-19-17)21(23)24/h1-6,9,13-15,18H,7-8H2. The number of carbonyl (C=O) groups is 1. The Bertz CT molecular complexity index is 864. The van der Waals surface area contributed by atoms with Crippen LogP contribution in [0.25, 0.3) is 0 Å². The summed E-state index contributed by atoms with van der Waals surface area (Å²) in [5.41, 5.74) is 2.61. The highest BCUT2D eigenvalue weighted by Gasteiger charge is 2.57. The second kappa shape index (κ2) is 4.63. The third-order valence-electron chi connectivity index (χ3n) is 5.75. The zero-order chi connectivity index (χ0) is 16.4. The number of carbonyl (C=O) groups excluding carboxylic acids is 1. The summed E-state index contributed by atoms with van der Waals surface area (Å²) >= 11 is 0. The Morgan fingerprint density at radius 3 is 2.54 bits per heavy atom. The largest absolute Gasteiger partial charge is 0.342 e. The number of ketones is 1. The van der Waals surface area contributed by atoms with E-state index in [-0.39, 0.29) is 29.5 Å². The number of hydrogen-bond donors (Lipinski definition) is 0. The Morgan fingerprint density at radius 1 is 1.12 bits per heavy atom. The molecule has 5 rings (SSSR count). The summed E-state index contributed by atoms with van der Waals surface area (Å²) in [6, 6.07) is 11.6. The molecule has 3 heterocycles. The molecule has 2 aromatic rings. The number of pyridine rings is 1. The topological polar surface area (TPSA) is 76.3 Å². The molecular formula is C18H15N3O3. The van der Waals surface area contributed by atoms with Crippen LogP contribution < -0.4 is 4.90 Å². The molecule has 0 saturated carbocycles. The van der Waals surface area contributed by atoms with Gasteiger partial charge in [0.05, 0.1) is 11.0 Å². The van der Waals surface area contributed by atoms with Crippen molar-refractivity contribution in [1.29, 1.82) is 0 Å². The highest BCUT2D eigenvalue weighted by atomic mass is 16.6. The van der Waals surface area contributed by atoms with Gasteiger partial charge in [-0.3, -0.25) is 14.9 Å². The quantitative estimate of drug-likeness (QED) is 0.628. The van der Waals surface area contributed by atoms with Crippen LogP contribution in [0.3, 0.4) is 0 Å². The number of rotatable bonds is 2. The number of aromatic nitrogens is 1. The van der Waals surface area contributed by atoms with Crippen molar-refractivity contribution in [2.45, 2.75) is 36.8 Å². The molecule has 0 radical (unpaired) electrons. The van der Waals surface area contributed by atoms with E-state index >= 15 is 0 Å². The van der Waals surface area contributed by atoms with Crippen LogP contribution in [0.4, 0.5) is 11.5 Å². The number of nitro groups is 1. The summed E-state index contributed by atoms with van der Waals surface area (Å²) in [4.78, 5) is 29.4. The van der Waals surface area contributed by atoms with Gasteiger partial charge >= 0.3 is 0 Å². The predicted molar refractivity (Wildman–Crippen MR) is 87.1 cm³/mol. The van der Waals surface area contributed by atoms with Gasteiger partial charge in [0.25, 0.3) is 5.69 Å². The second-order valence-corrected chi connectivity index (χ2v) is 6.79. The molecule has 24 heavy (non-hydrogen) atoms. The lowest BCUT2D eigenvalue weighted by atomic mass is 9.87. The van der Waals surface area contributed by atoms with Crippen molar-refractivity contribution in [2.75, 3.05) is 4.90 Å². The van der Waals surface area contributed by atoms with Gasteiger partial charge in [-0.1, -0.05) is 24.3 Å². The fourth-order valence-electron chi connectivity index (χ4n) is 4.87. The Balaban J connectivity index is 1.60. The smallest absolute Gasteiger partial charge is 0.287 e. The number of piperidine rings is 1. The molecule has 2 fully saturated rings. The maximum atomic E-state index is 12.6. The van der Waals surface area contributed by atoms with Crippen LogP contribution in [0.5, 0.6) is 0 Å². The summed E-state index contributed by atoms with van der Waals surface area (Å²) in [5, 5.41) is 10.8. The number of benzene rings is 1. The van der Waals surface area contributed by atoms with Gasteiger partial charge < -0.3 is 4.90 Å². The molecule has 2 bridgehead atoms. The normalized spacial score (nSPS) is 29.7. The number of anilines is 1. The van der Waals surface area contributed by atoms with Gasteiger partial charge in [0.1, 0.15) is 12.0 Å². The van der Waals surface area contributed by atoms with Crippen LogP contribution in [0.1, 0.15) is 35.8 Å². The van der Waals surface area contributed by atoms with E-state index in [4.69, 9.17) is 0 Å². The second-order valence-electron chi connectivity index (χ2n) is 6.79. The maximum absolute atomic E-state index is 12.6. The van der Waals surface area contributed by atoms with E-state index in [0.29, 0.717) is 18.2 Å². The van der Waals surface area contributed by atoms with E-state index < -0.39 is 4.92 Å². The Morgan fingerprint density at radius 2 is 1.88 bits per heavy atom. The molecule has 0 spiro atoms. The van der Waals surface area contributed by atoms with Crippen molar-refractivity contribution in [3.63, 3.8) is 0 Å². The molecule has 3 aliphatic rings. The minimum absolute atomic E-state index is 0.0271. The van der Waals surface area contributed by atoms with Crippen LogP contribution in [0.15, 0.2) is 42.6 Å². The monoisotopic (exact) mass is 321 g/mol. The van der Waals surface area contributed by atoms with Crippen molar-refractivity contribution < 1.29 is 9.72 Å². The van der Waals surface area contributed by atoms with E-state index in [2.05, 4.69) is 28.1 Å². The highest BCUT2D eigenvalue weighted by molar-refractivity contribution is 5.92. The van der Waals surface area contributed by atoms with Crippen molar-refractivity contribution >= 4 is 17.3 Å². The molecule has 2 aliphatic heterocycles. The van der Waals surface area contributed by atoms with Crippen LogP contribution in [-0.2, 0) is 4.79 Å². The lowest BCUT2D eigenvalue weighted by Gasteiger charge is -2.38. The third-order valence-corrected chi connectivity index (χ3v) is 5.75. The van der Waals surface area contributed by atoms with Gasteiger partial charge in [-0.2, -0.15) is 0 Å². The molecular weight excluding hydrogens is 306 g/mol. The van der Waals surface area contributed by atoms with Crippen molar-refractivity contribution in [1.82, 2.24) is 4.98 Å². The molecule has 4 unspecified atom stereocenters. The number of nitrogens with zero attached hydrogens (tertiary/aromatic N) is 3. The van der Waals surface area contributed by atoms with E-state index in [1.54, 1.807) is 6.07 Å². The number of Topliss-reactive ketones (excluding diaryl/α,β-unsaturated/α-hetero) is 1. The first kappa shape index (κ1) is 13.7. The summed E-state index contributed by atoms with van der Waals surface area (Å²) in [7, 11) is 0. The van der Waals surface area contributed by atoms with Crippen molar-refractivity contribution in [3.8, 4) is 0 Å². The molecule has 0 N–H and O–H groups in total. The average molecular weight is 321 g/mol. The highest BCUT2D eigenvalue weighted by Crippen LogP contribution is 2.57. The zero-order valence-corrected chi connectivity index (χ0v) is 12.8. The van der Waals surface area contributed by atoms with Crippen molar-refractivity contribution in [2.24, 2.45) is 0 Å². The molecule has 120 valence electrons. The van der Waals surface area contributed by atoms with Gasteiger partial charge in [0, 0.05) is 30.4 Å². The fraction of sp³-hybridized carbons (Fsp3) is 0.333. The van der Waals surface area contributed by atoms with E-state index in [0.717, 1.165) is 6.42 Å². The number of fused-ring (bicyclic) bond motifs is 4. The van der Waals surface area contributed by atoms with Crippen LogP contribution in [0, 0.1) is 10.1 Å². The summed E-state index contributed by atoms with van der Waals surface area (Å²) in [6.07, 6.45) is 2.69. The van der Waals surface area contributed by atoms with Gasteiger partial charge in [0.15, 0.2) is 5.78 Å². The Labute approximate surface area is 138 Å². The van der Waals surface area contributed by atoms with E-state index in [9.17, 15) is 14.9 Å². The molecule has 6 nitrogen and oxygen atoms in total. The molecule has 6 heteroatoms. The zero-order valence-electron chi connectivity index (χ0n) is 12.8. The number of hydrogen-bond acceptors (Lipinski definition) is 5. The summed E-state index contributed by atoms with van der Waals surface area (Å²) < 4.78 is 0. The first-order valence-corrected chi connectivity index (χ1v) is 8.15. The van der Waals surface area contributed by atoms with Crippen molar-refractivity contribution in [3.05, 3.63) is 63.8 Å². The summed E-state index contributed by atoms with van der Waals surface area (Å²) in [6.45, 7) is 0. The van der Waals surface area contributed by atoms with Crippen LogP contribution >= 0.6 is 0 Å². The molecule has 2 saturated heterocycles. The van der Waals surface area contributed by atoms with Gasteiger partial charge in [0.2, 0.25) is 0 Å². The Kier molecular flexibility index (Phi) is 2.63. The first-order valence-electron chi connectivity index (χ1n) is 8.15. The van der Waals surface area contributed by atoms with Gasteiger partial charge in [-0.05, 0) is 23.6 Å². The van der Waals surface area contributed by atoms with Gasteiger partial charge in [-0.15, -0.1) is 0 Å². The molecule has 1 aromatic heterocycles. The van der Waals surface area contributed by atoms with Gasteiger partial charge in [-0.25, -0.2) is 4.98 Å². The summed E-state index contributed by atoms with van der Waals surface area (Å²) in [5.74, 6) is 1.48. The third kappa shape index (κ3) is 1.65. The SMILES string of the molecule is O=C1CC2c3ccccc3C3CC1N(c1ccc([N+](=O)[O-])cn1)C23. The average Bonchev–Trinajstić information content (AvgIpc) is 3.07. The Hall–Kier alpha value is -2.76. The lowest BCUT2D eigenvalue weighted by molar-refractivity contribution is -0.385. The lowest BCUT2D eigenvalue weighted by Crippen LogP contribution is -2.48.